The summed E-state index contributed by atoms with van der Waals surface area (Å²) >= 11 is 0. The molecule has 3 heterocycles. The van der Waals surface area contributed by atoms with Crippen LogP contribution in [-0.2, 0) is 23.8 Å². The Labute approximate surface area is 217 Å². The molecule has 200 valence electrons. The van der Waals surface area contributed by atoms with E-state index >= 15 is 0 Å². The molecule has 0 radical (unpaired) electrons. The van der Waals surface area contributed by atoms with Gasteiger partial charge < -0.3 is 15.1 Å². The first-order chi connectivity index (χ1) is 17.9. The minimum absolute atomic E-state index is 0.0417. The number of nitrogens with one attached hydrogen (secondary N) is 1. The maximum atomic E-state index is 13.5. The number of fused-ring (bicyclic) bond motifs is 3. The number of nitrogens with zero attached hydrogens (tertiary/aromatic N) is 3. The highest BCUT2D eigenvalue weighted by molar-refractivity contribution is 5.82. The summed E-state index contributed by atoms with van der Waals surface area (Å²) in [5.41, 5.74) is 2.11. The van der Waals surface area contributed by atoms with Crippen molar-refractivity contribution in [3.8, 4) is 0 Å². The molecule has 0 bridgehead atoms. The van der Waals surface area contributed by atoms with Crippen molar-refractivity contribution in [1.29, 1.82) is 0 Å². The van der Waals surface area contributed by atoms with E-state index in [1.165, 1.54) is 37.0 Å². The summed E-state index contributed by atoms with van der Waals surface area (Å²) in [4.78, 5) is 20.4. The van der Waals surface area contributed by atoms with Gasteiger partial charge in [-0.15, -0.1) is 0 Å². The predicted octanol–water partition coefficient (Wildman–Crippen LogP) is 4.21. The molecule has 2 aromatic rings. The summed E-state index contributed by atoms with van der Waals surface area (Å²) in [6.45, 7) is 6.71. The maximum absolute atomic E-state index is 13.5. The minimum atomic E-state index is -4.39. The fourth-order valence-electron chi connectivity index (χ4n) is 6.15. The number of halogens is 3. The standard InChI is InChI=1S/C29H37F3N4O/c30-29(31,32)24-9-10-26-23(19-24)20-25(28(37)33-12-16-34-13-5-2-6-14-34)27-21-35(17-18-36(26)27)15-11-22-7-3-1-4-8-22/h1,3-4,7-10,19,25,27H,2,5-6,11-18,20-21H2,(H,33,37)/t25-,27+/m1/s1. The van der Waals surface area contributed by atoms with Crippen LogP contribution in [0.3, 0.4) is 0 Å². The molecular formula is C29H37F3N4O. The van der Waals surface area contributed by atoms with Gasteiger partial charge in [0.05, 0.1) is 17.5 Å². The number of piperidine rings is 1. The molecule has 2 saturated heterocycles. The molecule has 3 aliphatic heterocycles. The third-order valence-corrected chi connectivity index (χ3v) is 8.20. The molecule has 2 fully saturated rings. The first-order valence-corrected chi connectivity index (χ1v) is 13.6. The van der Waals surface area contributed by atoms with E-state index in [1.54, 1.807) is 6.07 Å². The summed E-state index contributed by atoms with van der Waals surface area (Å²) in [5, 5.41) is 3.13. The Bertz CT molecular complexity index is 1050. The zero-order valence-corrected chi connectivity index (χ0v) is 21.3. The van der Waals surface area contributed by atoms with Gasteiger partial charge in [0.2, 0.25) is 5.91 Å². The summed E-state index contributed by atoms with van der Waals surface area (Å²) in [7, 11) is 0. The van der Waals surface area contributed by atoms with Crippen LogP contribution in [0, 0.1) is 5.92 Å². The van der Waals surface area contributed by atoms with Crippen molar-refractivity contribution in [3.63, 3.8) is 0 Å². The molecule has 2 atom stereocenters. The molecule has 8 heteroatoms. The monoisotopic (exact) mass is 514 g/mol. The normalized spacial score (nSPS) is 22.8. The van der Waals surface area contributed by atoms with Gasteiger partial charge in [0.25, 0.3) is 0 Å². The largest absolute Gasteiger partial charge is 0.416 e. The van der Waals surface area contributed by atoms with Crippen LogP contribution in [0.25, 0.3) is 0 Å². The second kappa shape index (κ2) is 11.4. The topological polar surface area (TPSA) is 38.8 Å². The number of likely N-dealkylation sites (tertiary alicyclic amines) is 1. The van der Waals surface area contributed by atoms with E-state index in [1.807, 2.05) is 18.2 Å². The third kappa shape index (κ3) is 6.29. The zero-order valence-electron chi connectivity index (χ0n) is 21.3. The van der Waals surface area contributed by atoms with Gasteiger partial charge in [0, 0.05) is 45.0 Å². The van der Waals surface area contributed by atoms with E-state index in [9.17, 15) is 18.0 Å². The second-order valence-electron chi connectivity index (χ2n) is 10.6. The van der Waals surface area contributed by atoms with Crippen molar-refractivity contribution >= 4 is 11.6 Å². The molecular weight excluding hydrogens is 477 g/mol. The van der Waals surface area contributed by atoms with Crippen LogP contribution in [0.5, 0.6) is 0 Å². The van der Waals surface area contributed by atoms with Crippen LogP contribution in [0.1, 0.15) is 36.0 Å². The highest BCUT2D eigenvalue weighted by Gasteiger charge is 2.42. The van der Waals surface area contributed by atoms with Gasteiger partial charge in [-0.3, -0.25) is 9.69 Å². The van der Waals surface area contributed by atoms with Crippen LogP contribution >= 0.6 is 0 Å². The van der Waals surface area contributed by atoms with E-state index in [4.69, 9.17) is 0 Å². The first kappa shape index (κ1) is 26.0. The molecule has 0 unspecified atom stereocenters. The lowest BCUT2D eigenvalue weighted by Crippen LogP contribution is -2.61. The number of alkyl halides is 3. The first-order valence-electron chi connectivity index (χ1n) is 13.6. The van der Waals surface area contributed by atoms with Crippen molar-refractivity contribution in [2.24, 2.45) is 5.92 Å². The van der Waals surface area contributed by atoms with Gasteiger partial charge in [0.1, 0.15) is 0 Å². The van der Waals surface area contributed by atoms with Gasteiger partial charge in [-0.25, -0.2) is 0 Å². The molecule has 0 saturated carbocycles. The van der Waals surface area contributed by atoms with Crippen LogP contribution < -0.4 is 10.2 Å². The fourth-order valence-corrected chi connectivity index (χ4v) is 6.15. The molecule has 5 rings (SSSR count). The van der Waals surface area contributed by atoms with Gasteiger partial charge >= 0.3 is 6.18 Å². The Hall–Kier alpha value is -2.58. The quantitative estimate of drug-likeness (QED) is 0.601. The van der Waals surface area contributed by atoms with Gasteiger partial charge in [-0.2, -0.15) is 13.2 Å². The number of benzene rings is 2. The number of hydrogen-bond donors (Lipinski definition) is 1. The Morgan fingerprint density at radius 3 is 2.46 bits per heavy atom. The van der Waals surface area contributed by atoms with Crippen molar-refractivity contribution < 1.29 is 18.0 Å². The van der Waals surface area contributed by atoms with Gasteiger partial charge in [-0.05, 0) is 68.1 Å². The van der Waals surface area contributed by atoms with Gasteiger partial charge in [0.15, 0.2) is 0 Å². The molecule has 1 N–H and O–H groups in total. The lowest BCUT2D eigenvalue weighted by molar-refractivity contribution is -0.137. The Morgan fingerprint density at radius 2 is 1.70 bits per heavy atom. The molecule has 0 aliphatic carbocycles. The van der Waals surface area contributed by atoms with Crippen LogP contribution in [-0.4, -0.2) is 74.1 Å². The zero-order chi connectivity index (χ0) is 25.8. The summed E-state index contributed by atoms with van der Waals surface area (Å²) < 4.78 is 40.4. The lowest BCUT2D eigenvalue weighted by atomic mass is 9.82. The fraction of sp³-hybridized carbons (Fsp3) is 0.552. The smallest absolute Gasteiger partial charge is 0.365 e. The van der Waals surface area contributed by atoms with Crippen LogP contribution in [0.15, 0.2) is 48.5 Å². The molecule has 3 aliphatic rings. The Balaban J connectivity index is 1.30. The number of carbonyl (C=O) groups excluding carboxylic acids is 1. The molecule has 0 aromatic heterocycles. The van der Waals surface area contributed by atoms with Crippen molar-refractivity contribution in [2.75, 3.05) is 57.3 Å². The van der Waals surface area contributed by atoms with E-state index in [0.717, 1.165) is 51.4 Å². The number of carbonyl (C=O) groups is 1. The number of amides is 1. The molecule has 5 nitrogen and oxygen atoms in total. The van der Waals surface area contributed by atoms with E-state index in [2.05, 4.69) is 32.1 Å². The second-order valence-corrected chi connectivity index (χ2v) is 10.6. The molecule has 1 amide bonds. The van der Waals surface area contributed by atoms with Crippen molar-refractivity contribution in [2.45, 2.75) is 44.3 Å². The van der Waals surface area contributed by atoms with Gasteiger partial charge in [-0.1, -0.05) is 36.8 Å². The average molecular weight is 515 g/mol. The summed E-state index contributed by atoms with van der Waals surface area (Å²) in [6, 6.07) is 14.3. The average Bonchev–Trinajstić information content (AvgIpc) is 2.91. The molecule has 2 aromatic carbocycles. The highest BCUT2D eigenvalue weighted by atomic mass is 19.4. The van der Waals surface area contributed by atoms with E-state index in [0.29, 0.717) is 25.1 Å². The number of anilines is 1. The number of rotatable bonds is 7. The van der Waals surface area contributed by atoms with Crippen molar-refractivity contribution in [1.82, 2.24) is 15.1 Å². The third-order valence-electron chi connectivity index (χ3n) is 8.20. The molecule has 0 spiro atoms. The van der Waals surface area contributed by atoms with Crippen LogP contribution in [0.2, 0.25) is 0 Å². The maximum Gasteiger partial charge on any atom is 0.416 e. The summed E-state index contributed by atoms with van der Waals surface area (Å²) in [5.74, 6) is -0.420. The lowest BCUT2D eigenvalue weighted by Gasteiger charge is -2.49. The summed E-state index contributed by atoms with van der Waals surface area (Å²) in [6.07, 6.45) is 0.542. The number of piperazine rings is 1. The van der Waals surface area contributed by atoms with E-state index < -0.39 is 11.7 Å². The van der Waals surface area contributed by atoms with Crippen molar-refractivity contribution in [3.05, 3.63) is 65.2 Å². The highest BCUT2D eigenvalue weighted by Crippen LogP contribution is 2.39. The minimum Gasteiger partial charge on any atom is -0.365 e. The van der Waals surface area contributed by atoms with Crippen LogP contribution in [0.4, 0.5) is 18.9 Å². The Kier molecular flexibility index (Phi) is 8.05. The number of hydrogen-bond acceptors (Lipinski definition) is 4. The van der Waals surface area contributed by atoms with E-state index in [-0.39, 0.29) is 17.9 Å². The predicted molar refractivity (Wildman–Crippen MR) is 140 cm³/mol. The molecule has 37 heavy (non-hydrogen) atoms. The SMILES string of the molecule is O=C(NCCN1CCCCC1)[C@@H]1Cc2cc(C(F)(F)F)ccc2N2CCN(CCc3ccccc3)C[C@@H]12. The Morgan fingerprint density at radius 1 is 0.919 bits per heavy atom.